The smallest absolute Gasteiger partial charge is 0.184 e. The number of ether oxygens (including phenoxy) is 2. The van der Waals surface area contributed by atoms with Crippen LogP contribution in [0.4, 0.5) is 0 Å². The maximum absolute atomic E-state index is 6.70. The summed E-state index contributed by atoms with van der Waals surface area (Å²) in [6.07, 6.45) is 7.05. The Kier molecular flexibility index (Phi) is 3.48. The summed E-state index contributed by atoms with van der Waals surface area (Å²) in [4.78, 5) is 2.54. The molecular weight excluding hydrogens is 342 g/mol. The summed E-state index contributed by atoms with van der Waals surface area (Å²) in [5.74, 6) is 2.35. The molecule has 5 atom stereocenters. The largest absolute Gasteiger partial charge is 0.493 e. The van der Waals surface area contributed by atoms with Crippen molar-refractivity contribution in [3.05, 3.63) is 35.4 Å². The van der Waals surface area contributed by atoms with Crippen LogP contribution < -0.4 is 9.47 Å². The van der Waals surface area contributed by atoms with E-state index in [0.717, 1.165) is 30.9 Å². The van der Waals surface area contributed by atoms with Gasteiger partial charge in [0.1, 0.15) is 12.2 Å². The lowest BCUT2D eigenvalue weighted by molar-refractivity contribution is -0.0402. The second-order valence-electron chi connectivity index (χ2n) is 9.32. The summed E-state index contributed by atoms with van der Waals surface area (Å²) in [5, 5.41) is 0. The Bertz CT molecular complexity index is 786. The zero-order valence-electron chi connectivity index (χ0n) is 16.4. The Labute approximate surface area is 157 Å². The molecule has 0 amide bonds. The van der Waals surface area contributed by atoms with Crippen LogP contribution in [0.1, 0.15) is 17.5 Å². The Morgan fingerprint density at radius 3 is 2.77 bits per heavy atom. The normalized spacial score (nSPS) is 37.3. The minimum absolute atomic E-state index is 0.0324. The van der Waals surface area contributed by atoms with Gasteiger partial charge in [-0.2, -0.15) is 0 Å². The van der Waals surface area contributed by atoms with E-state index in [-0.39, 0.29) is 17.6 Å². The van der Waals surface area contributed by atoms with Gasteiger partial charge in [0, 0.05) is 22.9 Å². The molecule has 1 aromatic rings. The van der Waals surface area contributed by atoms with Gasteiger partial charge in [0.25, 0.3) is 0 Å². The van der Waals surface area contributed by atoms with E-state index in [1.165, 1.54) is 11.1 Å². The van der Waals surface area contributed by atoms with Crippen molar-refractivity contribution in [3.63, 3.8) is 0 Å². The quantitative estimate of drug-likeness (QED) is 0.602. The highest BCUT2D eigenvalue weighted by atomic mass is 28.4. The highest BCUT2D eigenvalue weighted by Crippen LogP contribution is 2.62. The van der Waals surface area contributed by atoms with Crippen molar-refractivity contribution in [2.24, 2.45) is 5.92 Å². The van der Waals surface area contributed by atoms with Gasteiger partial charge in [0.05, 0.1) is 7.11 Å². The van der Waals surface area contributed by atoms with E-state index in [1.807, 2.05) is 0 Å². The van der Waals surface area contributed by atoms with Crippen molar-refractivity contribution >= 4 is 8.32 Å². The lowest BCUT2D eigenvalue weighted by atomic mass is 9.53. The van der Waals surface area contributed by atoms with Crippen molar-refractivity contribution in [3.8, 4) is 11.5 Å². The Morgan fingerprint density at radius 1 is 1.23 bits per heavy atom. The first-order chi connectivity index (χ1) is 12.3. The highest BCUT2D eigenvalue weighted by Gasteiger charge is 2.64. The number of methoxy groups -OCH3 is 1. The van der Waals surface area contributed by atoms with Crippen LogP contribution in [-0.2, 0) is 16.3 Å². The maximum Gasteiger partial charge on any atom is 0.184 e. The molecule has 0 aromatic heterocycles. The fourth-order valence-corrected chi connectivity index (χ4v) is 6.90. The van der Waals surface area contributed by atoms with Gasteiger partial charge in [-0.15, -0.1) is 0 Å². The summed E-state index contributed by atoms with van der Waals surface area (Å²) in [5.41, 5.74) is 2.90. The molecule has 0 radical (unpaired) electrons. The maximum atomic E-state index is 6.70. The van der Waals surface area contributed by atoms with Crippen molar-refractivity contribution in [1.82, 2.24) is 4.90 Å². The fourth-order valence-electron chi connectivity index (χ4n) is 5.88. The summed E-state index contributed by atoms with van der Waals surface area (Å²) < 4.78 is 19.0. The third kappa shape index (κ3) is 2.08. The van der Waals surface area contributed by atoms with Gasteiger partial charge in [-0.25, -0.2) is 0 Å². The molecule has 1 aromatic carbocycles. The number of likely N-dealkylation sites (tertiary alicyclic amines) is 1. The number of piperidine rings is 1. The van der Waals surface area contributed by atoms with Gasteiger partial charge >= 0.3 is 0 Å². The molecule has 2 bridgehead atoms. The molecular formula is C21H29NO3Si. The lowest BCUT2D eigenvalue weighted by Crippen LogP contribution is -2.65. The SMILES string of the molecule is COc1ccc2c3c1O[C@H]1[C@@H](O[Si](C)(C)C)C=C[C@H]4[C@@H](C2)N(C)CC[C@@]341. The standard InChI is InChI=1S/C21H29NO3Si/c1-22-11-10-21-14-7-9-17(25-26(3,4)5)20(21)24-19-16(23-2)8-6-13(18(19)21)12-15(14)22/h6-9,14-15,17,20H,10-12H2,1-5H3/t14-,15+,17-,20-,21-/m0/s1. The molecule has 0 saturated carbocycles. The molecule has 1 saturated heterocycles. The molecule has 26 heavy (non-hydrogen) atoms. The van der Waals surface area contributed by atoms with Gasteiger partial charge in [-0.05, 0) is 57.7 Å². The predicted octanol–water partition coefficient (Wildman–Crippen LogP) is 3.36. The number of likely N-dealkylation sites (N-methyl/N-ethyl adjacent to an activating group) is 1. The Morgan fingerprint density at radius 2 is 2.04 bits per heavy atom. The lowest BCUT2D eigenvalue weighted by Gasteiger charge is -2.57. The van der Waals surface area contributed by atoms with Crippen LogP contribution in [0.15, 0.2) is 24.3 Å². The van der Waals surface area contributed by atoms with E-state index in [1.54, 1.807) is 7.11 Å². The third-order valence-corrected chi connectivity index (χ3v) is 7.80. The first kappa shape index (κ1) is 16.8. The summed E-state index contributed by atoms with van der Waals surface area (Å²) >= 11 is 0. The second kappa shape index (κ2) is 5.37. The molecule has 1 fully saturated rings. The van der Waals surface area contributed by atoms with Crippen LogP contribution in [0.2, 0.25) is 19.6 Å². The predicted molar refractivity (Wildman–Crippen MR) is 105 cm³/mol. The molecule has 2 aliphatic carbocycles. The molecule has 140 valence electrons. The van der Waals surface area contributed by atoms with E-state index >= 15 is 0 Å². The molecule has 1 spiro atoms. The highest BCUT2D eigenvalue weighted by molar-refractivity contribution is 6.69. The number of nitrogens with zero attached hydrogens (tertiary/aromatic N) is 1. The van der Waals surface area contributed by atoms with E-state index in [9.17, 15) is 0 Å². The molecule has 5 rings (SSSR count). The van der Waals surface area contributed by atoms with E-state index in [4.69, 9.17) is 13.9 Å². The fraction of sp³-hybridized carbons (Fsp3) is 0.619. The van der Waals surface area contributed by atoms with E-state index in [0.29, 0.717) is 12.0 Å². The van der Waals surface area contributed by atoms with Crippen molar-refractivity contribution in [2.75, 3.05) is 20.7 Å². The van der Waals surface area contributed by atoms with Crippen molar-refractivity contribution in [1.29, 1.82) is 0 Å². The van der Waals surface area contributed by atoms with Crippen LogP contribution in [0.5, 0.6) is 11.5 Å². The van der Waals surface area contributed by atoms with E-state index in [2.05, 4.69) is 55.9 Å². The molecule has 0 N–H and O–H groups in total. The number of hydrogen-bond acceptors (Lipinski definition) is 4. The number of rotatable bonds is 3. The van der Waals surface area contributed by atoms with Crippen LogP contribution in [-0.4, -0.2) is 52.2 Å². The zero-order valence-corrected chi connectivity index (χ0v) is 17.4. The third-order valence-electron chi connectivity index (χ3n) is 6.82. The molecule has 2 heterocycles. The monoisotopic (exact) mass is 371 g/mol. The van der Waals surface area contributed by atoms with E-state index < -0.39 is 8.32 Å². The topological polar surface area (TPSA) is 30.9 Å². The molecule has 0 unspecified atom stereocenters. The minimum Gasteiger partial charge on any atom is -0.493 e. The van der Waals surface area contributed by atoms with Crippen LogP contribution in [0.3, 0.4) is 0 Å². The van der Waals surface area contributed by atoms with Gasteiger partial charge < -0.3 is 18.8 Å². The van der Waals surface area contributed by atoms with Crippen molar-refractivity contribution < 1.29 is 13.9 Å². The summed E-state index contributed by atoms with van der Waals surface area (Å²) in [7, 11) is 2.34. The average molecular weight is 372 g/mol. The van der Waals surface area contributed by atoms with Crippen LogP contribution in [0, 0.1) is 5.92 Å². The molecule has 4 nitrogen and oxygen atoms in total. The Hall–Kier alpha value is -1.30. The van der Waals surface area contributed by atoms with Gasteiger partial charge in [0.15, 0.2) is 19.8 Å². The minimum atomic E-state index is -1.68. The van der Waals surface area contributed by atoms with Gasteiger partial charge in [0.2, 0.25) is 0 Å². The molecule has 5 heteroatoms. The summed E-state index contributed by atoms with van der Waals surface area (Å²) in [6.45, 7) is 7.90. The van der Waals surface area contributed by atoms with Crippen LogP contribution >= 0.6 is 0 Å². The van der Waals surface area contributed by atoms with Crippen LogP contribution in [0.25, 0.3) is 0 Å². The zero-order chi connectivity index (χ0) is 18.3. The Balaban J connectivity index is 1.71. The van der Waals surface area contributed by atoms with Crippen molar-refractivity contribution in [2.45, 2.75) is 56.1 Å². The molecule has 4 aliphatic rings. The number of hydrogen-bond donors (Lipinski definition) is 0. The number of benzene rings is 1. The first-order valence-electron chi connectivity index (χ1n) is 9.78. The van der Waals surface area contributed by atoms with Gasteiger partial charge in [-0.3, -0.25) is 0 Å². The first-order valence-corrected chi connectivity index (χ1v) is 13.2. The average Bonchev–Trinajstić information content (AvgIpc) is 2.93. The molecule has 2 aliphatic heterocycles. The summed E-state index contributed by atoms with van der Waals surface area (Å²) in [6, 6.07) is 4.89. The second-order valence-corrected chi connectivity index (χ2v) is 13.8. The van der Waals surface area contributed by atoms with Gasteiger partial charge in [-0.1, -0.05) is 18.2 Å².